The summed E-state index contributed by atoms with van der Waals surface area (Å²) in [5.41, 5.74) is -2.79. The highest BCUT2D eigenvalue weighted by Crippen LogP contribution is 2.19. The minimum absolute atomic E-state index is 0.0222. The van der Waals surface area contributed by atoms with Crippen LogP contribution in [-0.2, 0) is 33.4 Å². The second-order valence-corrected chi connectivity index (χ2v) is 15.8. The zero-order chi connectivity index (χ0) is 42.8. The standard InChI is InChI=1S/C24H42O8.C21H42O4/c1-2-3-4-5-6-7-8-9-10-11-12-13-14-15-16-17-21(27)32-22(28)19-24(31,23(29)30)18-20(25)26;1-2-3-4-5-6-7-8-9-10-11-12-13-14-15-16-17-21(24)25-19-20(23)18-22/h31H,2-19H2,1H3,(H,25,26)(H,29,30);20,22-23H,2-19H2,1H3. The van der Waals surface area contributed by atoms with Gasteiger partial charge in [-0.25, -0.2) is 4.79 Å². The quantitative estimate of drug-likeness (QED) is 0.0223. The van der Waals surface area contributed by atoms with Gasteiger partial charge in [0, 0.05) is 12.8 Å². The summed E-state index contributed by atoms with van der Waals surface area (Å²) in [6.45, 7) is 4.03. The Bertz CT molecular complexity index is 987. The van der Waals surface area contributed by atoms with E-state index in [1.54, 1.807) is 0 Å². The average molecular weight is 817 g/mol. The molecular formula is C45H84O12. The first-order valence-electron chi connectivity index (χ1n) is 22.8. The van der Waals surface area contributed by atoms with Crippen molar-refractivity contribution in [2.75, 3.05) is 13.2 Å². The summed E-state index contributed by atoms with van der Waals surface area (Å²) in [4.78, 5) is 56.4. The zero-order valence-corrected chi connectivity index (χ0v) is 36.1. The Balaban J connectivity index is 0. The van der Waals surface area contributed by atoms with E-state index < -0.39 is 48.4 Å². The summed E-state index contributed by atoms with van der Waals surface area (Å²) in [7, 11) is 0. The molecule has 336 valence electrons. The maximum absolute atomic E-state index is 11.7. The Kier molecular flexibility index (Phi) is 41.2. The maximum Gasteiger partial charge on any atom is 0.336 e. The molecule has 2 unspecified atom stereocenters. The van der Waals surface area contributed by atoms with E-state index in [4.69, 9.17) is 25.2 Å². The highest BCUT2D eigenvalue weighted by Gasteiger charge is 2.41. The van der Waals surface area contributed by atoms with E-state index in [-0.39, 0.29) is 25.6 Å². The predicted molar refractivity (Wildman–Crippen MR) is 224 cm³/mol. The third kappa shape index (κ3) is 41.4. The smallest absolute Gasteiger partial charge is 0.336 e. The van der Waals surface area contributed by atoms with Gasteiger partial charge in [0.1, 0.15) is 12.7 Å². The Hall–Kier alpha value is -2.57. The van der Waals surface area contributed by atoms with Gasteiger partial charge in [0.15, 0.2) is 5.60 Å². The predicted octanol–water partition coefficient (Wildman–Crippen LogP) is 10.1. The lowest BCUT2D eigenvalue weighted by Crippen LogP contribution is -2.43. The van der Waals surface area contributed by atoms with Gasteiger partial charge in [-0.2, -0.15) is 0 Å². The third-order valence-corrected chi connectivity index (χ3v) is 10.1. The monoisotopic (exact) mass is 817 g/mol. The van der Waals surface area contributed by atoms with Gasteiger partial charge < -0.3 is 35.0 Å². The molecule has 0 bridgehead atoms. The summed E-state index contributed by atoms with van der Waals surface area (Å²) in [6.07, 6.45) is 34.7. The van der Waals surface area contributed by atoms with Crippen LogP contribution in [0.3, 0.4) is 0 Å². The lowest BCUT2D eigenvalue weighted by Gasteiger charge is -2.19. The molecule has 0 aromatic rings. The summed E-state index contributed by atoms with van der Waals surface area (Å²) in [6, 6.07) is 0. The van der Waals surface area contributed by atoms with Crippen molar-refractivity contribution in [2.45, 2.75) is 244 Å². The van der Waals surface area contributed by atoms with Crippen LogP contribution in [0.2, 0.25) is 0 Å². The van der Waals surface area contributed by atoms with Crippen LogP contribution in [0.4, 0.5) is 0 Å². The summed E-state index contributed by atoms with van der Waals surface area (Å²) >= 11 is 0. The largest absolute Gasteiger partial charge is 0.481 e. The number of esters is 3. The molecule has 5 N–H and O–H groups in total. The Morgan fingerprint density at radius 2 is 0.789 bits per heavy atom. The molecule has 0 amide bonds. The van der Waals surface area contributed by atoms with Crippen LogP contribution >= 0.6 is 0 Å². The van der Waals surface area contributed by atoms with E-state index in [9.17, 15) is 29.1 Å². The minimum atomic E-state index is -2.79. The molecule has 0 aromatic carbocycles. The molecule has 0 spiro atoms. The molecular weight excluding hydrogens is 732 g/mol. The van der Waals surface area contributed by atoms with E-state index >= 15 is 0 Å². The van der Waals surface area contributed by atoms with E-state index in [1.165, 1.54) is 154 Å². The fraction of sp³-hybridized carbons (Fsp3) is 0.889. The van der Waals surface area contributed by atoms with Crippen molar-refractivity contribution in [1.82, 2.24) is 0 Å². The molecule has 0 aromatic heterocycles. The number of unbranched alkanes of at least 4 members (excludes halogenated alkanes) is 28. The van der Waals surface area contributed by atoms with Crippen LogP contribution in [-0.4, -0.2) is 80.3 Å². The lowest BCUT2D eigenvalue weighted by atomic mass is 9.96. The topological polar surface area (TPSA) is 205 Å². The highest BCUT2D eigenvalue weighted by atomic mass is 16.6. The number of aliphatic hydroxyl groups is 3. The Labute approximate surface area is 345 Å². The molecule has 0 heterocycles. The van der Waals surface area contributed by atoms with Crippen LogP contribution < -0.4 is 0 Å². The van der Waals surface area contributed by atoms with E-state index in [1.807, 2.05) is 0 Å². The average Bonchev–Trinajstić information content (AvgIpc) is 3.16. The van der Waals surface area contributed by atoms with Gasteiger partial charge in [-0.3, -0.25) is 19.2 Å². The van der Waals surface area contributed by atoms with Gasteiger partial charge in [0.2, 0.25) is 0 Å². The van der Waals surface area contributed by atoms with Crippen LogP contribution in [0.5, 0.6) is 0 Å². The van der Waals surface area contributed by atoms with E-state index in [0.717, 1.165) is 32.1 Å². The van der Waals surface area contributed by atoms with E-state index in [0.29, 0.717) is 12.8 Å². The number of ether oxygens (including phenoxy) is 2. The molecule has 12 nitrogen and oxygen atoms in total. The molecule has 0 saturated carbocycles. The number of carboxylic acid groups (broad SMARTS) is 2. The Morgan fingerprint density at radius 1 is 0.474 bits per heavy atom. The van der Waals surface area contributed by atoms with Crippen LogP contribution in [0, 0.1) is 0 Å². The van der Waals surface area contributed by atoms with Crippen molar-refractivity contribution in [3.63, 3.8) is 0 Å². The molecule has 12 heteroatoms. The molecule has 57 heavy (non-hydrogen) atoms. The van der Waals surface area contributed by atoms with Crippen LogP contribution in [0.1, 0.15) is 232 Å². The molecule has 0 fully saturated rings. The number of rotatable bonds is 40. The SMILES string of the molecule is CCCCCCCCCCCCCCCCCC(=O)OC(=O)CC(O)(CC(=O)O)C(=O)O.CCCCCCCCCCCCCCCCCC(=O)OCC(O)CO. The summed E-state index contributed by atoms with van der Waals surface area (Å²) in [5.74, 6) is -5.75. The van der Waals surface area contributed by atoms with Crippen molar-refractivity contribution < 1.29 is 59.0 Å². The number of carbonyl (C=O) groups is 5. The Morgan fingerprint density at radius 3 is 1.09 bits per heavy atom. The van der Waals surface area contributed by atoms with Crippen molar-refractivity contribution in [3.8, 4) is 0 Å². The van der Waals surface area contributed by atoms with Crippen molar-refractivity contribution in [1.29, 1.82) is 0 Å². The summed E-state index contributed by atoms with van der Waals surface area (Å²) in [5, 5.41) is 45.0. The molecule has 0 aliphatic rings. The second kappa shape index (κ2) is 41.6. The molecule has 0 aliphatic carbocycles. The van der Waals surface area contributed by atoms with Crippen molar-refractivity contribution >= 4 is 29.8 Å². The number of aliphatic carboxylic acids is 2. The minimum Gasteiger partial charge on any atom is -0.481 e. The first-order valence-corrected chi connectivity index (χ1v) is 22.8. The normalized spacial score (nSPS) is 12.6. The van der Waals surface area contributed by atoms with Crippen LogP contribution in [0.15, 0.2) is 0 Å². The molecule has 0 rings (SSSR count). The van der Waals surface area contributed by atoms with Gasteiger partial charge in [-0.1, -0.05) is 194 Å². The molecule has 0 radical (unpaired) electrons. The molecule has 0 saturated heterocycles. The maximum atomic E-state index is 11.7. The number of hydrogen-bond donors (Lipinski definition) is 5. The third-order valence-electron chi connectivity index (χ3n) is 10.1. The first-order chi connectivity index (χ1) is 27.4. The lowest BCUT2D eigenvalue weighted by molar-refractivity contribution is -0.174. The van der Waals surface area contributed by atoms with Gasteiger partial charge in [0.25, 0.3) is 0 Å². The number of aliphatic hydroxyl groups excluding tert-OH is 2. The van der Waals surface area contributed by atoms with Gasteiger partial charge in [0.05, 0.1) is 19.4 Å². The van der Waals surface area contributed by atoms with Gasteiger partial charge in [-0.05, 0) is 12.8 Å². The summed E-state index contributed by atoms with van der Waals surface area (Å²) < 4.78 is 9.37. The van der Waals surface area contributed by atoms with Gasteiger partial charge in [-0.15, -0.1) is 0 Å². The fourth-order valence-corrected chi connectivity index (χ4v) is 6.51. The fourth-order valence-electron chi connectivity index (χ4n) is 6.51. The molecule has 0 aliphatic heterocycles. The number of hydrogen-bond acceptors (Lipinski definition) is 10. The second-order valence-electron chi connectivity index (χ2n) is 15.8. The number of carboxylic acids is 2. The van der Waals surface area contributed by atoms with Gasteiger partial charge >= 0.3 is 29.8 Å². The zero-order valence-electron chi connectivity index (χ0n) is 36.1. The van der Waals surface area contributed by atoms with Crippen molar-refractivity contribution in [3.05, 3.63) is 0 Å². The first kappa shape index (κ1) is 56.5. The van der Waals surface area contributed by atoms with E-state index in [2.05, 4.69) is 18.6 Å². The van der Waals surface area contributed by atoms with Crippen LogP contribution in [0.25, 0.3) is 0 Å². The number of carbonyl (C=O) groups excluding carboxylic acids is 3. The van der Waals surface area contributed by atoms with Crippen molar-refractivity contribution in [2.24, 2.45) is 0 Å². The molecule has 2 atom stereocenters. The highest BCUT2D eigenvalue weighted by molar-refractivity contribution is 5.92.